The zero-order chi connectivity index (χ0) is 16.3. The fourth-order valence-corrected chi connectivity index (χ4v) is 2.35. The Hall–Kier alpha value is -2.27. The average molecular weight is 301 g/mol. The van der Waals surface area contributed by atoms with Crippen LogP contribution in [0.2, 0.25) is 0 Å². The summed E-state index contributed by atoms with van der Waals surface area (Å²) >= 11 is 0. The molecular formula is C17H20FN3O. The molecule has 2 N–H and O–H groups in total. The molecule has 0 spiro atoms. The van der Waals surface area contributed by atoms with E-state index in [9.17, 15) is 9.18 Å². The van der Waals surface area contributed by atoms with Crippen LogP contribution in [-0.2, 0) is 0 Å². The van der Waals surface area contributed by atoms with E-state index < -0.39 is 17.4 Å². The minimum absolute atomic E-state index is 0.0154. The molecule has 0 aliphatic heterocycles. The van der Waals surface area contributed by atoms with Crippen molar-refractivity contribution < 1.29 is 4.39 Å². The Morgan fingerprint density at radius 3 is 2.55 bits per heavy atom. The van der Waals surface area contributed by atoms with Crippen molar-refractivity contribution in [3.8, 4) is 5.69 Å². The molecule has 0 saturated heterocycles. The smallest absolute Gasteiger partial charge is 0.268 e. The summed E-state index contributed by atoms with van der Waals surface area (Å²) in [7, 11) is 0. The largest absolute Gasteiger partial charge is 0.321 e. The van der Waals surface area contributed by atoms with E-state index in [2.05, 4.69) is 4.98 Å². The number of benzene rings is 1. The predicted molar refractivity (Wildman–Crippen MR) is 86.6 cm³/mol. The van der Waals surface area contributed by atoms with E-state index in [1.165, 1.54) is 11.5 Å². The molecule has 0 radical (unpaired) electrons. The monoisotopic (exact) mass is 301 g/mol. The number of hydrogen-bond donors (Lipinski definition) is 1. The van der Waals surface area contributed by atoms with Gasteiger partial charge in [0.05, 0.1) is 22.3 Å². The maximum atomic E-state index is 13.9. The highest BCUT2D eigenvalue weighted by Gasteiger charge is 2.16. The van der Waals surface area contributed by atoms with Crippen molar-refractivity contribution in [1.29, 1.82) is 0 Å². The maximum absolute atomic E-state index is 13.9. The SMILES string of the molecule is CC=c1nc(C(N)CC)n(-c2ccccc2)c(=O)c1=C(C)F. The standard InChI is InChI=1S/C17H20FN3O/c1-4-13(19)16-20-14(5-2)15(11(3)18)17(22)21(16)12-9-7-6-8-10-12/h5-10,13H,4,19H2,1-3H3. The van der Waals surface area contributed by atoms with Crippen molar-refractivity contribution in [2.75, 3.05) is 0 Å². The van der Waals surface area contributed by atoms with Crippen molar-refractivity contribution in [2.45, 2.75) is 33.2 Å². The molecular weight excluding hydrogens is 281 g/mol. The first-order valence-electron chi connectivity index (χ1n) is 7.28. The molecule has 0 saturated carbocycles. The van der Waals surface area contributed by atoms with Crippen molar-refractivity contribution in [2.24, 2.45) is 5.73 Å². The molecule has 116 valence electrons. The highest BCUT2D eigenvalue weighted by Crippen LogP contribution is 2.12. The third-order valence-electron chi connectivity index (χ3n) is 3.54. The van der Waals surface area contributed by atoms with Gasteiger partial charge in [0.2, 0.25) is 0 Å². The van der Waals surface area contributed by atoms with Gasteiger partial charge in [-0.2, -0.15) is 0 Å². The fourth-order valence-electron chi connectivity index (χ4n) is 2.35. The molecule has 1 aromatic carbocycles. The normalized spacial score (nSPS) is 14.9. The van der Waals surface area contributed by atoms with E-state index in [0.717, 1.165) is 0 Å². The Kier molecular flexibility index (Phi) is 4.88. The second kappa shape index (κ2) is 6.66. The lowest BCUT2D eigenvalue weighted by molar-refractivity contribution is 0.608. The summed E-state index contributed by atoms with van der Waals surface area (Å²) in [6, 6.07) is 8.63. The fraction of sp³-hybridized carbons (Fsp3) is 0.294. The van der Waals surface area contributed by atoms with E-state index in [4.69, 9.17) is 5.73 Å². The molecule has 22 heavy (non-hydrogen) atoms. The summed E-state index contributed by atoms with van der Waals surface area (Å²) in [5, 5.41) is 0.314. The van der Waals surface area contributed by atoms with Gasteiger partial charge >= 0.3 is 0 Å². The van der Waals surface area contributed by atoms with Crippen LogP contribution in [0, 0.1) is 0 Å². The average Bonchev–Trinajstić information content (AvgIpc) is 2.53. The van der Waals surface area contributed by atoms with Crippen LogP contribution in [0.1, 0.15) is 39.1 Å². The van der Waals surface area contributed by atoms with Crippen LogP contribution in [-0.4, -0.2) is 9.55 Å². The molecule has 0 amide bonds. The number of nitrogens with two attached hydrogens (primary N) is 1. The predicted octanol–water partition coefficient (Wildman–Crippen LogP) is 1.54. The van der Waals surface area contributed by atoms with Crippen molar-refractivity contribution in [3.63, 3.8) is 0 Å². The van der Waals surface area contributed by atoms with Gasteiger partial charge in [0, 0.05) is 0 Å². The molecule has 0 bridgehead atoms. The number of rotatable bonds is 3. The number of para-hydroxylation sites is 1. The van der Waals surface area contributed by atoms with E-state index >= 15 is 0 Å². The van der Waals surface area contributed by atoms with Gasteiger partial charge in [-0.15, -0.1) is 0 Å². The van der Waals surface area contributed by atoms with Crippen LogP contribution in [0.25, 0.3) is 17.6 Å². The number of nitrogens with zero attached hydrogens (tertiary/aromatic N) is 2. The molecule has 1 unspecified atom stereocenters. The first-order chi connectivity index (χ1) is 10.5. The third-order valence-corrected chi connectivity index (χ3v) is 3.54. The molecule has 4 nitrogen and oxygen atoms in total. The summed E-state index contributed by atoms with van der Waals surface area (Å²) in [6.45, 7) is 4.91. The topological polar surface area (TPSA) is 60.9 Å². The van der Waals surface area contributed by atoms with Gasteiger partial charge in [-0.05, 0) is 32.4 Å². The van der Waals surface area contributed by atoms with Crippen LogP contribution in [0.5, 0.6) is 0 Å². The molecule has 0 fully saturated rings. The lowest BCUT2D eigenvalue weighted by Crippen LogP contribution is -2.49. The van der Waals surface area contributed by atoms with Gasteiger partial charge < -0.3 is 5.73 Å². The molecule has 1 aromatic heterocycles. The number of aromatic nitrogens is 2. The molecule has 0 aliphatic carbocycles. The van der Waals surface area contributed by atoms with Crippen molar-refractivity contribution in [3.05, 3.63) is 57.1 Å². The number of hydrogen-bond acceptors (Lipinski definition) is 3. The minimum Gasteiger partial charge on any atom is -0.321 e. The highest BCUT2D eigenvalue weighted by molar-refractivity contribution is 5.38. The molecule has 1 heterocycles. The Bertz CT molecular complexity index is 837. The van der Waals surface area contributed by atoms with Crippen molar-refractivity contribution >= 4 is 11.9 Å². The van der Waals surface area contributed by atoms with E-state index in [-0.39, 0.29) is 5.22 Å². The molecule has 5 heteroatoms. The quantitative estimate of drug-likeness (QED) is 0.935. The summed E-state index contributed by atoms with van der Waals surface area (Å²) in [5.74, 6) is -0.108. The van der Waals surface area contributed by atoms with Crippen LogP contribution < -0.4 is 21.9 Å². The van der Waals surface area contributed by atoms with Crippen LogP contribution in [0.4, 0.5) is 4.39 Å². The Morgan fingerprint density at radius 2 is 2.05 bits per heavy atom. The summed E-state index contributed by atoms with van der Waals surface area (Å²) in [5.41, 5.74) is 6.31. The Balaban J connectivity index is 3.02. The lowest BCUT2D eigenvalue weighted by Gasteiger charge is -2.16. The zero-order valence-electron chi connectivity index (χ0n) is 13.0. The van der Waals surface area contributed by atoms with Gasteiger partial charge in [0.1, 0.15) is 11.7 Å². The lowest BCUT2D eigenvalue weighted by atomic mass is 10.2. The molecule has 0 aliphatic rings. The molecule has 2 aromatic rings. The van der Waals surface area contributed by atoms with E-state index in [0.29, 0.717) is 23.3 Å². The summed E-state index contributed by atoms with van der Waals surface area (Å²) in [4.78, 5) is 17.3. The summed E-state index contributed by atoms with van der Waals surface area (Å²) < 4.78 is 15.3. The van der Waals surface area contributed by atoms with Crippen LogP contribution >= 0.6 is 0 Å². The molecule has 1 atom stereocenters. The van der Waals surface area contributed by atoms with Gasteiger partial charge in [0.25, 0.3) is 5.56 Å². The van der Waals surface area contributed by atoms with E-state index in [1.54, 1.807) is 25.1 Å². The van der Waals surface area contributed by atoms with Gasteiger partial charge in [-0.3, -0.25) is 9.36 Å². The zero-order valence-corrected chi connectivity index (χ0v) is 13.0. The van der Waals surface area contributed by atoms with Gasteiger partial charge in [-0.25, -0.2) is 9.37 Å². The maximum Gasteiger partial charge on any atom is 0.268 e. The van der Waals surface area contributed by atoms with Gasteiger partial charge in [0.15, 0.2) is 0 Å². The second-order valence-electron chi connectivity index (χ2n) is 5.04. The molecule has 2 rings (SSSR count). The van der Waals surface area contributed by atoms with Crippen molar-refractivity contribution in [1.82, 2.24) is 9.55 Å². The summed E-state index contributed by atoms with van der Waals surface area (Å²) in [6.07, 6.45) is 2.25. The second-order valence-corrected chi connectivity index (χ2v) is 5.04. The Labute approximate surface area is 128 Å². The van der Waals surface area contributed by atoms with Crippen LogP contribution in [0.3, 0.4) is 0 Å². The Morgan fingerprint density at radius 1 is 1.41 bits per heavy atom. The van der Waals surface area contributed by atoms with E-state index in [1.807, 2.05) is 25.1 Å². The number of halogens is 1. The first kappa shape index (κ1) is 16.1. The minimum atomic E-state index is -0.549. The van der Waals surface area contributed by atoms with Crippen LogP contribution in [0.15, 0.2) is 35.1 Å². The van der Waals surface area contributed by atoms with Gasteiger partial charge in [-0.1, -0.05) is 31.2 Å². The first-order valence-corrected chi connectivity index (χ1v) is 7.28. The third kappa shape index (κ3) is 2.85. The highest BCUT2D eigenvalue weighted by atomic mass is 19.1.